The molecule has 1 saturated carbocycles. The van der Waals surface area contributed by atoms with Gasteiger partial charge in [0, 0.05) is 0 Å². The van der Waals surface area contributed by atoms with E-state index in [-0.39, 0.29) is 24.5 Å². The van der Waals surface area contributed by atoms with Gasteiger partial charge in [0.2, 0.25) is 0 Å². The van der Waals surface area contributed by atoms with Crippen molar-refractivity contribution in [3.63, 3.8) is 0 Å². The van der Waals surface area contributed by atoms with E-state index in [0.717, 1.165) is 38.5 Å². The van der Waals surface area contributed by atoms with Crippen LogP contribution >= 0.6 is 0 Å². The number of esters is 2. The van der Waals surface area contributed by atoms with Crippen molar-refractivity contribution in [1.82, 2.24) is 0 Å². The van der Waals surface area contributed by atoms with Crippen molar-refractivity contribution in [3.05, 3.63) is 70.8 Å². The summed E-state index contributed by atoms with van der Waals surface area (Å²) >= 11 is 0. The summed E-state index contributed by atoms with van der Waals surface area (Å²) in [5.74, 6) is 0.779. The van der Waals surface area contributed by atoms with Crippen LogP contribution in [0.4, 0.5) is 0 Å². The molecule has 1 aliphatic rings. The smallest absolute Gasteiger partial charge is 0.338 e. The topological polar surface area (TPSA) is 52.6 Å². The fraction of sp³-hybridized carbons (Fsp3) is 0.588. The molecule has 208 valence electrons. The highest BCUT2D eigenvalue weighted by molar-refractivity contribution is 5.90. The molecule has 0 bridgehead atoms. The average molecular weight is 521 g/mol. The molecule has 3 unspecified atom stereocenters. The molecule has 0 N–H and O–H groups in total. The van der Waals surface area contributed by atoms with E-state index in [1.807, 2.05) is 48.5 Å². The first kappa shape index (κ1) is 29.9. The third-order valence-corrected chi connectivity index (χ3v) is 7.92. The Bertz CT molecular complexity index is 973. The zero-order valence-corrected chi connectivity index (χ0v) is 24.0. The number of hydrogen-bond donors (Lipinski definition) is 0. The first-order valence-corrected chi connectivity index (χ1v) is 15.0. The van der Waals surface area contributed by atoms with Gasteiger partial charge in [0.05, 0.1) is 11.1 Å². The summed E-state index contributed by atoms with van der Waals surface area (Å²) in [5, 5.41) is 0. The Balaban J connectivity index is 1.59. The molecule has 1 fully saturated rings. The van der Waals surface area contributed by atoms with Crippen LogP contribution in [0.1, 0.15) is 117 Å². The van der Waals surface area contributed by atoms with Crippen molar-refractivity contribution < 1.29 is 19.1 Å². The van der Waals surface area contributed by atoms with E-state index in [4.69, 9.17) is 9.47 Å². The van der Waals surface area contributed by atoms with Gasteiger partial charge in [0.25, 0.3) is 0 Å². The molecule has 2 aromatic rings. The van der Waals surface area contributed by atoms with E-state index < -0.39 is 6.10 Å². The predicted octanol–water partition coefficient (Wildman–Crippen LogP) is 8.61. The zero-order valence-electron chi connectivity index (χ0n) is 24.0. The zero-order chi connectivity index (χ0) is 27.3. The van der Waals surface area contributed by atoms with Crippen LogP contribution in [0.5, 0.6) is 0 Å². The number of carbonyl (C=O) groups is 2. The summed E-state index contributed by atoms with van der Waals surface area (Å²) in [6, 6.07) is 15.5. The third kappa shape index (κ3) is 9.60. The fourth-order valence-electron chi connectivity index (χ4n) is 5.77. The Morgan fingerprint density at radius 3 is 1.68 bits per heavy atom. The van der Waals surface area contributed by atoms with Gasteiger partial charge < -0.3 is 9.47 Å². The van der Waals surface area contributed by atoms with Gasteiger partial charge in [-0.15, -0.1) is 0 Å². The van der Waals surface area contributed by atoms with Crippen LogP contribution in [-0.4, -0.2) is 24.6 Å². The molecule has 0 aromatic heterocycles. The van der Waals surface area contributed by atoms with Crippen molar-refractivity contribution in [1.29, 1.82) is 0 Å². The lowest BCUT2D eigenvalue weighted by Gasteiger charge is -2.29. The largest absolute Gasteiger partial charge is 0.458 e. The molecule has 1 aliphatic carbocycles. The molecule has 0 heterocycles. The number of hydrogen-bond acceptors (Lipinski definition) is 4. The minimum Gasteiger partial charge on any atom is -0.458 e. The minimum absolute atomic E-state index is 0.0944. The Labute approximate surface area is 230 Å². The third-order valence-electron chi connectivity index (χ3n) is 7.92. The first-order valence-electron chi connectivity index (χ1n) is 15.0. The molecule has 0 radical (unpaired) electrons. The summed E-state index contributed by atoms with van der Waals surface area (Å²) < 4.78 is 11.7. The van der Waals surface area contributed by atoms with Crippen molar-refractivity contribution >= 4 is 11.9 Å². The van der Waals surface area contributed by atoms with Crippen LogP contribution in [0.15, 0.2) is 48.5 Å². The molecule has 4 heteroatoms. The van der Waals surface area contributed by atoms with Crippen LogP contribution in [0.3, 0.4) is 0 Å². The number of ether oxygens (including phenoxy) is 2. The Morgan fingerprint density at radius 1 is 0.737 bits per heavy atom. The highest BCUT2D eigenvalue weighted by Gasteiger charge is 2.29. The Hall–Kier alpha value is -2.62. The quantitative estimate of drug-likeness (QED) is 0.234. The molecule has 0 aliphatic heterocycles. The van der Waals surface area contributed by atoms with Crippen LogP contribution in [0.25, 0.3) is 0 Å². The van der Waals surface area contributed by atoms with Crippen LogP contribution in [0.2, 0.25) is 0 Å². The molecule has 4 nitrogen and oxygen atoms in total. The van der Waals surface area contributed by atoms with E-state index in [9.17, 15) is 9.59 Å². The lowest BCUT2D eigenvalue weighted by atomic mass is 9.85. The van der Waals surface area contributed by atoms with E-state index in [2.05, 4.69) is 27.7 Å². The lowest BCUT2D eigenvalue weighted by Crippen LogP contribution is -2.33. The molecule has 0 amide bonds. The molecule has 2 aromatic carbocycles. The Morgan fingerprint density at radius 2 is 1.21 bits per heavy atom. The SMILES string of the molecule is CCCC(C)Cc1ccc(C(=O)OCC(OC(=O)c2ccc(CC(C)CCC)cc2)C2CCCCC2)cc1. The summed E-state index contributed by atoms with van der Waals surface area (Å²) in [5.41, 5.74) is 3.57. The molecule has 3 rings (SSSR count). The highest BCUT2D eigenvalue weighted by atomic mass is 16.6. The summed E-state index contributed by atoms with van der Waals surface area (Å²) in [7, 11) is 0. The number of carbonyl (C=O) groups excluding carboxylic acids is 2. The van der Waals surface area contributed by atoms with E-state index in [1.165, 1.54) is 43.2 Å². The van der Waals surface area contributed by atoms with E-state index in [0.29, 0.717) is 23.0 Å². The van der Waals surface area contributed by atoms with E-state index >= 15 is 0 Å². The van der Waals surface area contributed by atoms with E-state index in [1.54, 1.807) is 0 Å². The maximum absolute atomic E-state index is 13.1. The van der Waals surface area contributed by atoms with Gasteiger partial charge >= 0.3 is 11.9 Å². The van der Waals surface area contributed by atoms with Gasteiger partial charge in [0.15, 0.2) is 0 Å². The molecule has 3 atom stereocenters. The summed E-state index contributed by atoms with van der Waals surface area (Å²) in [6.45, 7) is 9.04. The maximum Gasteiger partial charge on any atom is 0.338 e. The number of benzene rings is 2. The van der Waals surface area contributed by atoms with Crippen LogP contribution in [-0.2, 0) is 22.3 Å². The van der Waals surface area contributed by atoms with Gasteiger partial charge in [-0.05, 0) is 78.8 Å². The molecular weight excluding hydrogens is 472 g/mol. The standard InChI is InChI=1S/C34H48O4/c1-5-10-25(3)22-27-14-18-30(19-15-27)33(35)37-24-32(29-12-8-7-9-13-29)38-34(36)31-20-16-28(17-21-31)23-26(4)11-6-2/h14-21,25-26,29,32H,5-13,22-24H2,1-4H3. The van der Waals surface area contributed by atoms with Crippen molar-refractivity contribution in [2.24, 2.45) is 17.8 Å². The monoisotopic (exact) mass is 520 g/mol. The second-order valence-electron chi connectivity index (χ2n) is 11.5. The first-order chi connectivity index (χ1) is 18.4. The van der Waals surface area contributed by atoms with Gasteiger partial charge in [-0.1, -0.05) is 96.9 Å². The molecule has 0 saturated heterocycles. The normalized spacial score (nSPS) is 16.4. The lowest BCUT2D eigenvalue weighted by molar-refractivity contribution is -0.0247. The van der Waals surface area contributed by atoms with Gasteiger partial charge in [0.1, 0.15) is 12.7 Å². The summed E-state index contributed by atoms with van der Waals surface area (Å²) in [4.78, 5) is 25.9. The second kappa shape index (κ2) is 15.7. The molecule has 0 spiro atoms. The molecule has 38 heavy (non-hydrogen) atoms. The Kier molecular flexibility index (Phi) is 12.4. The van der Waals surface area contributed by atoms with Gasteiger partial charge in [-0.3, -0.25) is 0 Å². The fourth-order valence-corrected chi connectivity index (χ4v) is 5.77. The van der Waals surface area contributed by atoms with Crippen molar-refractivity contribution in [2.75, 3.05) is 6.61 Å². The summed E-state index contributed by atoms with van der Waals surface area (Å²) in [6.07, 6.45) is 11.8. The second-order valence-corrected chi connectivity index (χ2v) is 11.5. The average Bonchev–Trinajstić information content (AvgIpc) is 2.92. The highest BCUT2D eigenvalue weighted by Crippen LogP contribution is 2.29. The maximum atomic E-state index is 13.1. The molecular formula is C34H48O4. The van der Waals surface area contributed by atoms with Crippen molar-refractivity contribution in [3.8, 4) is 0 Å². The predicted molar refractivity (Wildman–Crippen MR) is 154 cm³/mol. The number of rotatable bonds is 14. The minimum atomic E-state index is -0.426. The van der Waals surface area contributed by atoms with Gasteiger partial charge in [-0.25, -0.2) is 9.59 Å². The van der Waals surface area contributed by atoms with Crippen LogP contribution < -0.4 is 0 Å². The van der Waals surface area contributed by atoms with Gasteiger partial charge in [-0.2, -0.15) is 0 Å². The van der Waals surface area contributed by atoms with Crippen molar-refractivity contribution in [2.45, 2.75) is 104 Å². The van der Waals surface area contributed by atoms with Crippen LogP contribution in [0, 0.1) is 17.8 Å².